The van der Waals surface area contributed by atoms with Gasteiger partial charge in [0.1, 0.15) is 0 Å². The number of unbranched alkanes of at least 4 members (excludes halogenated alkanes) is 27. The lowest BCUT2D eigenvalue weighted by atomic mass is 10.1. The Morgan fingerprint density at radius 1 is 0.467 bits per heavy atom. The highest BCUT2D eigenvalue weighted by Gasteiger charge is 2.18. The summed E-state index contributed by atoms with van der Waals surface area (Å²) < 4.78 is 5.44. The number of allylic oxidation sites excluding steroid dienone is 9. The van der Waals surface area contributed by atoms with Crippen LogP contribution in [0.3, 0.4) is 0 Å². The van der Waals surface area contributed by atoms with E-state index in [0.717, 1.165) is 96.3 Å². The zero-order valence-corrected chi connectivity index (χ0v) is 39.4. The van der Waals surface area contributed by atoms with Crippen LogP contribution in [0.4, 0.5) is 0 Å². The molecule has 0 aliphatic heterocycles. The van der Waals surface area contributed by atoms with Gasteiger partial charge >= 0.3 is 5.97 Å². The first-order chi connectivity index (χ1) is 29.5. The quantitative estimate of drug-likeness (QED) is 0.0322. The molecule has 6 nitrogen and oxygen atoms in total. The first-order valence-electron chi connectivity index (χ1n) is 25.6. The van der Waals surface area contributed by atoms with E-state index in [2.05, 4.69) is 67.8 Å². The van der Waals surface area contributed by atoms with Crippen molar-refractivity contribution in [3.63, 3.8) is 0 Å². The van der Waals surface area contributed by atoms with Gasteiger partial charge in [-0.3, -0.25) is 9.59 Å². The summed E-state index contributed by atoms with van der Waals surface area (Å²) in [5, 5.41) is 22.9. The molecule has 2 atom stereocenters. The maximum atomic E-state index is 12.4. The van der Waals surface area contributed by atoms with Crippen LogP contribution in [0.1, 0.15) is 245 Å². The molecule has 0 aliphatic rings. The molecule has 0 rings (SSSR count). The number of hydrogen-bond donors (Lipinski definition) is 3. The molecule has 0 bridgehead atoms. The molecule has 0 aromatic carbocycles. The largest absolute Gasteiger partial charge is 0.466 e. The third kappa shape index (κ3) is 45.1. The number of aliphatic hydroxyl groups is 2. The lowest BCUT2D eigenvalue weighted by Gasteiger charge is -2.20. The standard InChI is InChI=1S/C54H97NO5/c1-3-5-7-9-11-13-15-16-17-22-25-28-32-36-40-44-48-54(59)60-49-45-41-37-33-29-26-23-20-18-19-21-24-27-31-35-39-43-47-53(58)55-51(50-56)52(57)46-42-38-34-30-14-12-10-8-6-4-2/h13,15,17-18,20,22,26,29,42,46,51-52,56-57H,3-12,14,16,19,21,23-25,27-28,30-41,43-45,47-50H2,1-2H3,(H,55,58)/b15-13-,20-18-,22-17-,29-26-,46-42+. The van der Waals surface area contributed by atoms with Gasteiger partial charge in [0.15, 0.2) is 0 Å². The topological polar surface area (TPSA) is 95.9 Å². The van der Waals surface area contributed by atoms with Crippen LogP contribution in [0.5, 0.6) is 0 Å². The highest BCUT2D eigenvalue weighted by molar-refractivity contribution is 5.76. The molecule has 60 heavy (non-hydrogen) atoms. The second kappa shape index (κ2) is 49.2. The first kappa shape index (κ1) is 57.6. The van der Waals surface area contributed by atoms with E-state index in [-0.39, 0.29) is 18.5 Å². The second-order valence-electron chi connectivity index (χ2n) is 17.1. The predicted octanol–water partition coefficient (Wildman–Crippen LogP) is 15.2. The summed E-state index contributed by atoms with van der Waals surface area (Å²) in [5.41, 5.74) is 0. The van der Waals surface area contributed by atoms with Crippen molar-refractivity contribution in [2.75, 3.05) is 13.2 Å². The molecule has 0 aliphatic carbocycles. The van der Waals surface area contributed by atoms with Gasteiger partial charge in [0.2, 0.25) is 5.91 Å². The average molecular weight is 840 g/mol. The van der Waals surface area contributed by atoms with E-state index >= 15 is 0 Å². The normalized spacial score (nSPS) is 13.2. The van der Waals surface area contributed by atoms with E-state index in [1.807, 2.05) is 6.08 Å². The Balaban J connectivity index is 3.53. The van der Waals surface area contributed by atoms with Crippen molar-refractivity contribution in [1.82, 2.24) is 5.32 Å². The third-order valence-corrected chi connectivity index (χ3v) is 11.3. The summed E-state index contributed by atoms with van der Waals surface area (Å²) in [7, 11) is 0. The molecular formula is C54H97NO5. The van der Waals surface area contributed by atoms with E-state index in [0.29, 0.717) is 19.4 Å². The van der Waals surface area contributed by atoms with Gasteiger partial charge in [0.05, 0.1) is 25.4 Å². The maximum absolute atomic E-state index is 12.4. The van der Waals surface area contributed by atoms with Crippen LogP contribution < -0.4 is 5.32 Å². The van der Waals surface area contributed by atoms with Gasteiger partial charge in [-0.1, -0.05) is 190 Å². The summed E-state index contributed by atoms with van der Waals surface area (Å²) in [6.07, 6.45) is 62.2. The number of esters is 1. The minimum absolute atomic E-state index is 0.0314. The van der Waals surface area contributed by atoms with Crippen molar-refractivity contribution in [1.29, 1.82) is 0 Å². The molecule has 2 unspecified atom stereocenters. The number of amides is 1. The highest BCUT2D eigenvalue weighted by Crippen LogP contribution is 2.13. The fourth-order valence-corrected chi connectivity index (χ4v) is 7.28. The first-order valence-corrected chi connectivity index (χ1v) is 25.6. The molecule has 0 aromatic rings. The molecule has 0 spiro atoms. The van der Waals surface area contributed by atoms with Crippen LogP contribution >= 0.6 is 0 Å². The Morgan fingerprint density at radius 2 is 0.833 bits per heavy atom. The molecule has 0 saturated carbocycles. The number of nitrogens with one attached hydrogen (secondary N) is 1. The average Bonchev–Trinajstić information content (AvgIpc) is 3.25. The van der Waals surface area contributed by atoms with Crippen LogP contribution in [-0.4, -0.2) is 47.4 Å². The van der Waals surface area contributed by atoms with Gasteiger partial charge in [0, 0.05) is 12.8 Å². The zero-order chi connectivity index (χ0) is 43.7. The lowest BCUT2D eigenvalue weighted by Crippen LogP contribution is -2.45. The van der Waals surface area contributed by atoms with Crippen LogP contribution in [0.15, 0.2) is 60.8 Å². The highest BCUT2D eigenvalue weighted by atomic mass is 16.5. The third-order valence-electron chi connectivity index (χ3n) is 11.3. The minimum Gasteiger partial charge on any atom is -0.466 e. The maximum Gasteiger partial charge on any atom is 0.305 e. The van der Waals surface area contributed by atoms with Crippen molar-refractivity contribution >= 4 is 11.9 Å². The van der Waals surface area contributed by atoms with Crippen LogP contribution in [-0.2, 0) is 14.3 Å². The number of rotatable bonds is 46. The minimum atomic E-state index is -0.854. The molecule has 0 radical (unpaired) electrons. The lowest BCUT2D eigenvalue weighted by molar-refractivity contribution is -0.143. The van der Waals surface area contributed by atoms with Crippen molar-refractivity contribution in [2.45, 2.75) is 257 Å². The van der Waals surface area contributed by atoms with E-state index in [1.54, 1.807) is 6.08 Å². The SMILES string of the molecule is CCCCCC/C=C\C/C=C\CCCCCCCC(=O)OCCCCC/C=C\C/C=C\CCCCCCCCCC(=O)NC(CO)C(O)/C=C/CCCCCCCCCC. The Morgan fingerprint density at radius 3 is 1.28 bits per heavy atom. The summed E-state index contributed by atoms with van der Waals surface area (Å²) >= 11 is 0. The molecule has 3 N–H and O–H groups in total. The summed E-state index contributed by atoms with van der Waals surface area (Å²) in [4.78, 5) is 24.4. The monoisotopic (exact) mass is 840 g/mol. The van der Waals surface area contributed by atoms with Gasteiger partial charge in [-0.25, -0.2) is 0 Å². The summed E-state index contributed by atoms with van der Waals surface area (Å²) in [6, 6.07) is -0.640. The molecule has 0 fully saturated rings. The molecule has 348 valence electrons. The molecule has 0 heterocycles. The van der Waals surface area contributed by atoms with Crippen LogP contribution in [0.25, 0.3) is 0 Å². The van der Waals surface area contributed by atoms with E-state index in [4.69, 9.17) is 4.74 Å². The van der Waals surface area contributed by atoms with E-state index in [1.165, 1.54) is 122 Å². The number of carbonyl (C=O) groups is 2. The molecular weight excluding hydrogens is 743 g/mol. The van der Waals surface area contributed by atoms with E-state index < -0.39 is 12.1 Å². The fraction of sp³-hybridized carbons (Fsp3) is 0.778. The smallest absolute Gasteiger partial charge is 0.305 e. The number of aliphatic hydroxyl groups excluding tert-OH is 2. The van der Waals surface area contributed by atoms with Crippen molar-refractivity contribution < 1.29 is 24.5 Å². The van der Waals surface area contributed by atoms with Crippen molar-refractivity contribution in [3.8, 4) is 0 Å². The Kier molecular flexibility index (Phi) is 47.2. The molecule has 6 heteroatoms. The van der Waals surface area contributed by atoms with Gasteiger partial charge in [0.25, 0.3) is 0 Å². The Hall–Kier alpha value is -2.44. The Bertz CT molecular complexity index is 1060. The van der Waals surface area contributed by atoms with Crippen molar-refractivity contribution in [2.24, 2.45) is 0 Å². The van der Waals surface area contributed by atoms with E-state index in [9.17, 15) is 19.8 Å². The predicted molar refractivity (Wildman–Crippen MR) is 259 cm³/mol. The fourth-order valence-electron chi connectivity index (χ4n) is 7.28. The summed E-state index contributed by atoms with van der Waals surface area (Å²) in [6.45, 7) is 4.79. The number of hydrogen-bond acceptors (Lipinski definition) is 5. The molecule has 0 aromatic heterocycles. The van der Waals surface area contributed by atoms with Crippen LogP contribution in [0.2, 0.25) is 0 Å². The zero-order valence-electron chi connectivity index (χ0n) is 39.4. The Labute approximate surface area is 371 Å². The second-order valence-corrected chi connectivity index (χ2v) is 17.1. The van der Waals surface area contributed by atoms with Gasteiger partial charge < -0.3 is 20.3 Å². The molecule has 1 amide bonds. The van der Waals surface area contributed by atoms with Crippen LogP contribution in [0, 0.1) is 0 Å². The van der Waals surface area contributed by atoms with Gasteiger partial charge in [-0.15, -0.1) is 0 Å². The number of ether oxygens (including phenoxy) is 1. The van der Waals surface area contributed by atoms with Gasteiger partial charge in [-0.2, -0.15) is 0 Å². The van der Waals surface area contributed by atoms with Gasteiger partial charge in [-0.05, 0) is 103 Å². The molecule has 0 saturated heterocycles. The number of carbonyl (C=O) groups excluding carboxylic acids is 2. The van der Waals surface area contributed by atoms with Crippen molar-refractivity contribution in [3.05, 3.63) is 60.8 Å². The summed E-state index contributed by atoms with van der Waals surface area (Å²) in [5.74, 6) is -0.120.